The van der Waals surface area contributed by atoms with E-state index in [4.69, 9.17) is 10.2 Å². The van der Waals surface area contributed by atoms with Gasteiger partial charge in [-0.05, 0) is 18.8 Å². The van der Waals surface area contributed by atoms with Crippen LogP contribution in [0.15, 0.2) is 11.6 Å². The molecule has 0 spiro atoms. The Labute approximate surface area is 88.6 Å². The molecule has 1 rings (SSSR count). The van der Waals surface area contributed by atoms with Crippen LogP contribution in [0.1, 0.15) is 26.7 Å². The van der Waals surface area contributed by atoms with Gasteiger partial charge in [0.15, 0.2) is 0 Å². The Morgan fingerprint density at radius 3 is 2.20 bits per heavy atom. The van der Waals surface area contributed by atoms with E-state index in [1.54, 1.807) is 0 Å². The monoisotopic (exact) mass is 212 g/mol. The van der Waals surface area contributed by atoms with E-state index < -0.39 is 23.8 Å². The quantitative estimate of drug-likeness (QED) is 0.699. The van der Waals surface area contributed by atoms with Crippen LogP contribution in [-0.4, -0.2) is 22.2 Å². The molecule has 84 valence electrons. The average molecular weight is 212 g/mol. The van der Waals surface area contributed by atoms with Gasteiger partial charge in [-0.1, -0.05) is 25.5 Å². The summed E-state index contributed by atoms with van der Waals surface area (Å²) in [5, 5.41) is 17.9. The van der Waals surface area contributed by atoms with Crippen molar-refractivity contribution < 1.29 is 19.8 Å². The number of carboxylic acids is 2. The fraction of sp³-hybridized carbons (Fsp3) is 0.636. The predicted octanol–water partition coefficient (Wildman–Crippen LogP) is 1.76. The largest absolute Gasteiger partial charge is 0.481 e. The Morgan fingerprint density at radius 2 is 1.80 bits per heavy atom. The second-order valence-corrected chi connectivity index (χ2v) is 4.26. The first-order valence-electron chi connectivity index (χ1n) is 5.08. The molecule has 0 aromatic rings. The van der Waals surface area contributed by atoms with Crippen LogP contribution in [0.5, 0.6) is 0 Å². The summed E-state index contributed by atoms with van der Waals surface area (Å²) >= 11 is 0. The SMILES string of the molecule is CC(C)C1=CC[C@H](C(=O)O)[C@@H](C(=O)O)C1. The number of hydrogen-bond donors (Lipinski definition) is 2. The van der Waals surface area contributed by atoms with Crippen LogP contribution in [0.2, 0.25) is 0 Å². The summed E-state index contributed by atoms with van der Waals surface area (Å²) < 4.78 is 0. The van der Waals surface area contributed by atoms with Gasteiger partial charge in [-0.15, -0.1) is 0 Å². The standard InChI is InChI=1S/C11H16O4/c1-6(2)7-3-4-8(10(12)13)9(5-7)11(14)15/h3,6,8-9H,4-5H2,1-2H3,(H,12,13)(H,14,15)/t8-,9-/m0/s1. The molecule has 0 bridgehead atoms. The molecule has 1 aliphatic rings. The Bertz CT molecular complexity index is 304. The van der Waals surface area contributed by atoms with Crippen LogP contribution >= 0.6 is 0 Å². The Kier molecular flexibility index (Phi) is 3.50. The highest BCUT2D eigenvalue weighted by Crippen LogP contribution is 2.33. The van der Waals surface area contributed by atoms with E-state index in [1.165, 1.54) is 0 Å². The molecule has 2 N–H and O–H groups in total. The predicted molar refractivity (Wildman–Crippen MR) is 54.4 cm³/mol. The van der Waals surface area contributed by atoms with E-state index in [0.29, 0.717) is 18.8 Å². The number of aliphatic carboxylic acids is 2. The summed E-state index contributed by atoms with van der Waals surface area (Å²) in [6.07, 6.45) is 2.58. The van der Waals surface area contributed by atoms with Gasteiger partial charge < -0.3 is 10.2 Å². The van der Waals surface area contributed by atoms with Gasteiger partial charge in [-0.2, -0.15) is 0 Å². The molecule has 0 amide bonds. The molecule has 0 saturated carbocycles. The fourth-order valence-electron chi connectivity index (χ4n) is 1.93. The fourth-order valence-corrected chi connectivity index (χ4v) is 1.93. The lowest BCUT2D eigenvalue weighted by Gasteiger charge is -2.27. The van der Waals surface area contributed by atoms with E-state index in [0.717, 1.165) is 5.57 Å². The van der Waals surface area contributed by atoms with Crippen molar-refractivity contribution in [2.24, 2.45) is 17.8 Å². The zero-order valence-corrected chi connectivity index (χ0v) is 8.93. The minimum absolute atomic E-state index is 0.293. The normalized spacial score (nSPS) is 26.2. The summed E-state index contributed by atoms with van der Waals surface area (Å²) in [5.74, 6) is -3.27. The van der Waals surface area contributed by atoms with Gasteiger partial charge in [-0.25, -0.2) is 0 Å². The highest BCUT2D eigenvalue weighted by atomic mass is 16.4. The molecular weight excluding hydrogens is 196 g/mol. The minimum atomic E-state index is -1.01. The maximum absolute atomic E-state index is 10.9. The van der Waals surface area contributed by atoms with Crippen LogP contribution in [0, 0.1) is 17.8 Å². The summed E-state index contributed by atoms with van der Waals surface area (Å²) in [6, 6.07) is 0. The molecule has 4 heteroatoms. The van der Waals surface area contributed by atoms with Crippen molar-refractivity contribution >= 4 is 11.9 Å². The number of hydrogen-bond acceptors (Lipinski definition) is 2. The molecule has 2 atom stereocenters. The molecule has 0 aromatic carbocycles. The summed E-state index contributed by atoms with van der Waals surface area (Å²) in [5.41, 5.74) is 1.06. The molecule has 0 radical (unpaired) electrons. The zero-order valence-electron chi connectivity index (χ0n) is 8.93. The van der Waals surface area contributed by atoms with E-state index in [-0.39, 0.29) is 0 Å². The maximum atomic E-state index is 10.9. The minimum Gasteiger partial charge on any atom is -0.481 e. The smallest absolute Gasteiger partial charge is 0.307 e. The van der Waals surface area contributed by atoms with Gasteiger partial charge in [0.05, 0.1) is 11.8 Å². The summed E-state index contributed by atoms with van der Waals surface area (Å²) in [7, 11) is 0. The Morgan fingerprint density at radius 1 is 1.27 bits per heavy atom. The highest BCUT2D eigenvalue weighted by Gasteiger charge is 2.36. The average Bonchev–Trinajstić information content (AvgIpc) is 2.16. The molecule has 0 heterocycles. The lowest BCUT2D eigenvalue weighted by Crippen LogP contribution is -2.32. The number of carboxylic acid groups (broad SMARTS) is 2. The molecule has 4 nitrogen and oxygen atoms in total. The second kappa shape index (κ2) is 4.47. The van der Waals surface area contributed by atoms with Crippen molar-refractivity contribution in [2.75, 3.05) is 0 Å². The van der Waals surface area contributed by atoms with Crippen molar-refractivity contribution in [3.63, 3.8) is 0 Å². The summed E-state index contributed by atoms with van der Waals surface area (Å²) in [6.45, 7) is 3.98. The van der Waals surface area contributed by atoms with E-state index in [2.05, 4.69) is 0 Å². The Hall–Kier alpha value is -1.32. The van der Waals surface area contributed by atoms with Crippen LogP contribution in [0.3, 0.4) is 0 Å². The summed E-state index contributed by atoms with van der Waals surface area (Å²) in [4.78, 5) is 21.8. The third-order valence-electron chi connectivity index (χ3n) is 2.95. The van der Waals surface area contributed by atoms with Gasteiger partial charge in [0, 0.05) is 0 Å². The lowest BCUT2D eigenvalue weighted by molar-refractivity contribution is -0.154. The molecule has 0 fully saturated rings. The van der Waals surface area contributed by atoms with Gasteiger partial charge in [0.1, 0.15) is 0 Å². The number of carbonyl (C=O) groups is 2. The second-order valence-electron chi connectivity index (χ2n) is 4.26. The molecule has 0 aliphatic heterocycles. The lowest BCUT2D eigenvalue weighted by atomic mass is 9.77. The first-order chi connectivity index (χ1) is 6.93. The molecular formula is C11H16O4. The van der Waals surface area contributed by atoms with Crippen LogP contribution in [0.4, 0.5) is 0 Å². The van der Waals surface area contributed by atoms with E-state index >= 15 is 0 Å². The molecule has 0 unspecified atom stereocenters. The maximum Gasteiger partial charge on any atom is 0.307 e. The molecule has 1 aliphatic carbocycles. The van der Waals surface area contributed by atoms with Crippen molar-refractivity contribution in [1.29, 1.82) is 0 Å². The van der Waals surface area contributed by atoms with Crippen molar-refractivity contribution in [3.8, 4) is 0 Å². The molecule has 15 heavy (non-hydrogen) atoms. The van der Waals surface area contributed by atoms with Crippen LogP contribution < -0.4 is 0 Å². The van der Waals surface area contributed by atoms with Crippen molar-refractivity contribution in [1.82, 2.24) is 0 Å². The first kappa shape index (κ1) is 11.8. The topological polar surface area (TPSA) is 74.6 Å². The number of allylic oxidation sites excluding steroid dienone is 2. The van der Waals surface area contributed by atoms with Crippen LogP contribution in [-0.2, 0) is 9.59 Å². The van der Waals surface area contributed by atoms with Crippen molar-refractivity contribution in [3.05, 3.63) is 11.6 Å². The van der Waals surface area contributed by atoms with Gasteiger partial charge in [0.25, 0.3) is 0 Å². The zero-order chi connectivity index (χ0) is 11.6. The number of rotatable bonds is 3. The van der Waals surface area contributed by atoms with Gasteiger partial charge in [0.2, 0.25) is 0 Å². The van der Waals surface area contributed by atoms with E-state index in [9.17, 15) is 9.59 Å². The Balaban J connectivity index is 2.87. The first-order valence-corrected chi connectivity index (χ1v) is 5.08. The molecule has 0 saturated heterocycles. The van der Waals surface area contributed by atoms with Crippen molar-refractivity contribution in [2.45, 2.75) is 26.7 Å². The van der Waals surface area contributed by atoms with Gasteiger partial charge in [-0.3, -0.25) is 9.59 Å². The molecule has 0 aromatic heterocycles. The third-order valence-corrected chi connectivity index (χ3v) is 2.95. The van der Waals surface area contributed by atoms with E-state index in [1.807, 2.05) is 19.9 Å². The highest BCUT2D eigenvalue weighted by molar-refractivity contribution is 5.80. The van der Waals surface area contributed by atoms with Crippen LogP contribution in [0.25, 0.3) is 0 Å². The van der Waals surface area contributed by atoms with Gasteiger partial charge >= 0.3 is 11.9 Å². The third kappa shape index (κ3) is 2.58.